The van der Waals surface area contributed by atoms with Crippen molar-refractivity contribution in [2.75, 3.05) is 12.3 Å². The van der Waals surface area contributed by atoms with Gasteiger partial charge in [-0.2, -0.15) is 13.2 Å². The summed E-state index contributed by atoms with van der Waals surface area (Å²) >= 11 is 1.31. The van der Waals surface area contributed by atoms with Gasteiger partial charge < -0.3 is 5.11 Å². The van der Waals surface area contributed by atoms with Crippen molar-refractivity contribution < 1.29 is 23.1 Å². The van der Waals surface area contributed by atoms with Crippen molar-refractivity contribution in [1.82, 2.24) is 15.0 Å². The summed E-state index contributed by atoms with van der Waals surface area (Å²) in [4.78, 5) is 12.1. The molecule has 1 heterocycles. The van der Waals surface area contributed by atoms with Gasteiger partial charge in [-0.05, 0) is 30.5 Å². The Balaban J connectivity index is 2.65. The number of alkyl halides is 3. The van der Waals surface area contributed by atoms with Crippen molar-refractivity contribution in [2.24, 2.45) is 0 Å². The van der Waals surface area contributed by atoms with Gasteiger partial charge in [-0.25, -0.2) is 15.2 Å². The number of likely N-dealkylation sites (N-methyl/N-ethyl adjacent to an activating group) is 1. The molecular formula is C15H20F3N3O2S. The summed E-state index contributed by atoms with van der Waals surface area (Å²) in [5.41, 5.74) is -0.299. The summed E-state index contributed by atoms with van der Waals surface area (Å²) in [6, 6.07) is 4.13. The van der Waals surface area contributed by atoms with E-state index >= 15 is 0 Å². The summed E-state index contributed by atoms with van der Waals surface area (Å²) in [5, 5.41) is 11.6. The van der Waals surface area contributed by atoms with Crippen LogP contribution in [0.15, 0.2) is 24.3 Å². The number of nitrogens with one attached hydrogen (secondary N) is 1. The molecule has 1 fully saturated rings. The highest BCUT2D eigenvalue weighted by Crippen LogP contribution is 2.43. The van der Waals surface area contributed by atoms with Gasteiger partial charge in [0.25, 0.3) is 0 Å². The molecule has 134 valence electrons. The van der Waals surface area contributed by atoms with Gasteiger partial charge in [0.05, 0.1) is 11.6 Å². The van der Waals surface area contributed by atoms with Gasteiger partial charge in [0.15, 0.2) is 5.54 Å². The Morgan fingerprint density at radius 1 is 1.38 bits per heavy atom. The molecule has 0 spiro atoms. The number of rotatable bonds is 5. The predicted molar refractivity (Wildman–Crippen MR) is 85.7 cm³/mol. The molecule has 1 saturated heterocycles. The SMILES string of the molecule is CCSN1NC(C(=O)O)(c2ccccc2C(F)(F)F)C(C)N1CC. The number of carboxylic acid groups (broad SMARTS) is 1. The molecule has 0 amide bonds. The lowest BCUT2D eigenvalue weighted by Crippen LogP contribution is -2.53. The zero-order valence-electron chi connectivity index (χ0n) is 13.6. The van der Waals surface area contributed by atoms with Gasteiger partial charge >= 0.3 is 12.1 Å². The first-order valence-electron chi connectivity index (χ1n) is 7.57. The van der Waals surface area contributed by atoms with Crippen molar-refractivity contribution in [3.05, 3.63) is 35.4 Å². The molecule has 1 aliphatic rings. The first kappa shape index (κ1) is 19.0. The minimum Gasteiger partial charge on any atom is -0.480 e. The molecule has 2 rings (SSSR count). The first-order chi connectivity index (χ1) is 11.2. The fourth-order valence-corrected chi connectivity index (χ4v) is 3.88. The van der Waals surface area contributed by atoms with E-state index in [1.54, 1.807) is 11.9 Å². The number of hydrogen-bond donors (Lipinski definition) is 2. The summed E-state index contributed by atoms with van der Waals surface area (Å²) in [5.74, 6) is -0.698. The van der Waals surface area contributed by atoms with Crippen LogP contribution in [0.3, 0.4) is 0 Å². The molecule has 24 heavy (non-hydrogen) atoms. The average Bonchev–Trinajstić information content (AvgIpc) is 2.80. The fourth-order valence-electron chi connectivity index (χ4n) is 3.02. The molecule has 1 aliphatic heterocycles. The molecule has 0 bridgehead atoms. The topological polar surface area (TPSA) is 55.8 Å². The van der Waals surface area contributed by atoms with Crippen LogP contribution < -0.4 is 5.43 Å². The van der Waals surface area contributed by atoms with E-state index in [0.29, 0.717) is 12.3 Å². The molecule has 0 aliphatic carbocycles. The zero-order valence-corrected chi connectivity index (χ0v) is 14.4. The molecule has 0 saturated carbocycles. The fraction of sp³-hybridized carbons (Fsp3) is 0.533. The number of carbonyl (C=O) groups is 1. The van der Waals surface area contributed by atoms with Crippen LogP contribution in [0.4, 0.5) is 13.2 Å². The van der Waals surface area contributed by atoms with Gasteiger partial charge in [0.1, 0.15) is 0 Å². The minimum absolute atomic E-state index is 0.282. The maximum Gasteiger partial charge on any atom is 0.416 e. The maximum absolute atomic E-state index is 13.4. The molecule has 2 atom stereocenters. The van der Waals surface area contributed by atoms with Crippen molar-refractivity contribution in [2.45, 2.75) is 38.5 Å². The number of carboxylic acids is 1. The molecular weight excluding hydrogens is 343 g/mol. The van der Waals surface area contributed by atoms with E-state index in [0.717, 1.165) is 6.07 Å². The van der Waals surface area contributed by atoms with Crippen LogP contribution in [-0.2, 0) is 16.5 Å². The van der Waals surface area contributed by atoms with Crippen LogP contribution in [0.25, 0.3) is 0 Å². The number of hydrazine groups is 2. The molecule has 0 radical (unpaired) electrons. The predicted octanol–water partition coefficient (Wildman–Crippen LogP) is 3.10. The lowest BCUT2D eigenvalue weighted by molar-refractivity contribution is -0.148. The third-order valence-corrected chi connectivity index (χ3v) is 4.95. The Kier molecular flexibility index (Phi) is 5.48. The highest BCUT2D eigenvalue weighted by Gasteiger charge is 2.58. The highest BCUT2D eigenvalue weighted by molar-refractivity contribution is 7.96. The summed E-state index contributed by atoms with van der Waals surface area (Å²) < 4.78 is 41.8. The third kappa shape index (κ3) is 3.01. The third-order valence-electron chi connectivity index (χ3n) is 4.15. The van der Waals surface area contributed by atoms with Crippen molar-refractivity contribution in [3.63, 3.8) is 0 Å². The second-order valence-electron chi connectivity index (χ2n) is 5.39. The maximum atomic E-state index is 13.4. The average molecular weight is 363 g/mol. The first-order valence-corrected chi connectivity index (χ1v) is 8.51. The van der Waals surface area contributed by atoms with Gasteiger partial charge in [-0.3, -0.25) is 0 Å². The summed E-state index contributed by atoms with van der Waals surface area (Å²) in [6.07, 6.45) is -4.64. The number of benzene rings is 1. The Hall–Kier alpha value is -1.29. The second kappa shape index (κ2) is 6.91. The molecule has 9 heteroatoms. The van der Waals surface area contributed by atoms with Crippen LogP contribution in [0.1, 0.15) is 31.9 Å². The van der Waals surface area contributed by atoms with Crippen LogP contribution >= 0.6 is 11.9 Å². The zero-order chi connectivity index (χ0) is 18.1. The lowest BCUT2D eigenvalue weighted by atomic mass is 9.81. The van der Waals surface area contributed by atoms with E-state index in [4.69, 9.17) is 0 Å². The van der Waals surface area contributed by atoms with E-state index in [-0.39, 0.29) is 5.56 Å². The quantitative estimate of drug-likeness (QED) is 0.784. The van der Waals surface area contributed by atoms with Gasteiger partial charge in [0, 0.05) is 12.3 Å². The Bertz CT molecular complexity index is 614. The Morgan fingerprint density at radius 3 is 2.50 bits per heavy atom. The number of aliphatic carboxylic acids is 1. The van der Waals surface area contributed by atoms with Crippen LogP contribution in [0.5, 0.6) is 0 Å². The normalized spacial score (nSPS) is 26.0. The van der Waals surface area contributed by atoms with Crippen LogP contribution in [0.2, 0.25) is 0 Å². The lowest BCUT2D eigenvalue weighted by Gasteiger charge is -2.31. The number of hydrogen-bond acceptors (Lipinski definition) is 5. The molecule has 0 aromatic heterocycles. The van der Waals surface area contributed by atoms with E-state index in [2.05, 4.69) is 5.43 Å². The Labute approximate surface area is 142 Å². The Morgan fingerprint density at radius 2 is 2.00 bits per heavy atom. The molecule has 1 aromatic rings. The second-order valence-corrected chi connectivity index (χ2v) is 6.57. The molecule has 2 N–H and O–H groups in total. The van der Waals surface area contributed by atoms with Gasteiger partial charge in [-0.15, -0.1) is 4.52 Å². The standard InChI is InChI=1S/C15H20F3N3O2S/c1-4-20-10(3)14(13(22)23,19-21(20)24-5-2)11-8-6-7-9-12(11)15(16,17)18/h6-10,19H,4-5H2,1-3H3,(H,22,23). The van der Waals surface area contributed by atoms with Crippen molar-refractivity contribution in [1.29, 1.82) is 0 Å². The number of halogens is 3. The highest BCUT2D eigenvalue weighted by atomic mass is 32.2. The summed E-state index contributed by atoms with van der Waals surface area (Å²) in [7, 11) is 0. The smallest absolute Gasteiger partial charge is 0.416 e. The minimum atomic E-state index is -4.64. The van der Waals surface area contributed by atoms with E-state index in [1.807, 2.05) is 13.8 Å². The molecule has 5 nitrogen and oxygen atoms in total. The largest absolute Gasteiger partial charge is 0.480 e. The molecule has 2 unspecified atom stereocenters. The van der Waals surface area contributed by atoms with Crippen molar-refractivity contribution in [3.8, 4) is 0 Å². The van der Waals surface area contributed by atoms with E-state index in [1.165, 1.54) is 34.7 Å². The van der Waals surface area contributed by atoms with Crippen LogP contribution in [0, 0.1) is 0 Å². The van der Waals surface area contributed by atoms with Gasteiger partial charge in [-0.1, -0.05) is 32.0 Å². The molecule has 1 aromatic carbocycles. The van der Waals surface area contributed by atoms with Gasteiger partial charge in [0.2, 0.25) is 0 Å². The summed E-state index contributed by atoms with van der Waals surface area (Å²) in [6.45, 7) is 5.79. The number of nitrogens with zero attached hydrogens (tertiary/aromatic N) is 2. The van der Waals surface area contributed by atoms with E-state index in [9.17, 15) is 23.1 Å². The van der Waals surface area contributed by atoms with Crippen molar-refractivity contribution >= 4 is 17.9 Å². The van der Waals surface area contributed by atoms with Crippen LogP contribution in [-0.4, -0.2) is 38.9 Å². The van der Waals surface area contributed by atoms with E-state index < -0.39 is 29.3 Å². The monoisotopic (exact) mass is 363 g/mol.